The van der Waals surface area contributed by atoms with Crippen LogP contribution in [0.1, 0.15) is 0 Å². The van der Waals surface area contributed by atoms with Gasteiger partial charge < -0.3 is 23.8 Å². The van der Waals surface area contributed by atoms with Gasteiger partial charge in [0, 0.05) is 45.0 Å². The molecule has 2 aromatic heterocycles. The molecule has 5 rings (SSSR count). The molecule has 9 nitrogen and oxygen atoms in total. The Morgan fingerprint density at radius 1 is 1.00 bits per heavy atom. The van der Waals surface area contributed by atoms with Crippen molar-refractivity contribution in [1.82, 2.24) is 19.0 Å². The van der Waals surface area contributed by atoms with Crippen molar-refractivity contribution in [2.75, 3.05) is 45.3 Å². The third-order valence-corrected chi connectivity index (χ3v) is 6.69. The fraction of sp³-hybridized carbons (Fsp3) is 0.296. The van der Waals surface area contributed by atoms with Gasteiger partial charge in [-0.1, -0.05) is 24.3 Å². The highest BCUT2D eigenvalue weighted by atomic mass is 16.5. The van der Waals surface area contributed by atoms with Gasteiger partial charge >= 0.3 is 0 Å². The fourth-order valence-corrected chi connectivity index (χ4v) is 4.76. The zero-order chi connectivity index (χ0) is 25.2. The highest BCUT2D eigenvalue weighted by molar-refractivity contribution is 5.92. The number of aryl methyl sites for hydroxylation is 1. The Morgan fingerprint density at radius 2 is 1.78 bits per heavy atom. The lowest BCUT2D eigenvalue weighted by Crippen LogP contribution is -2.50. The van der Waals surface area contributed by atoms with Crippen molar-refractivity contribution in [3.63, 3.8) is 0 Å². The standard InChI is InChI=1S/C27H29N5O4/c1-29-16-21(19-7-6-8-20(15-19)35-2)25-26(29)27(34)32(18-28-25)17-24(33)31-13-11-30(12-14-31)22-9-4-5-10-23(22)36-3/h4-10,15-16,18H,11-14,17H2,1-3H3. The van der Waals surface area contributed by atoms with Crippen LogP contribution in [0.3, 0.4) is 0 Å². The minimum absolute atomic E-state index is 0.0455. The van der Waals surface area contributed by atoms with E-state index in [2.05, 4.69) is 9.88 Å². The Kier molecular flexibility index (Phi) is 6.37. The normalized spacial score (nSPS) is 13.8. The molecule has 0 bridgehead atoms. The molecular formula is C27H29N5O4. The number of anilines is 1. The molecule has 0 atom stereocenters. The molecule has 2 aromatic carbocycles. The number of nitrogens with zero attached hydrogens (tertiary/aromatic N) is 5. The molecule has 0 saturated carbocycles. The molecule has 1 saturated heterocycles. The van der Waals surface area contributed by atoms with E-state index in [1.165, 1.54) is 10.9 Å². The second-order valence-electron chi connectivity index (χ2n) is 8.80. The van der Waals surface area contributed by atoms with Crippen LogP contribution in [0.25, 0.3) is 22.2 Å². The lowest BCUT2D eigenvalue weighted by atomic mass is 10.1. The summed E-state index contributed by atoms with van der Waals surface area (Å²) in [7, 11) is 5.10. The molecule has 1 amide bonds. The summed E-state index contributed by atoms with van der Waals surface area (Å²) < 4.78 is 14.0. The Labute approximate surface area is 209 Å². The Bertz CT molecular complexity index is 1470. The van der Waals surface area contributed by atoms with Crippen LogP contribution in [0.4, 0.5) is 5.69 Å². The third kappa shape index (κ3) is 4.28. The van der Waals surface area contributed by atoms with E-state index in [1.807, 2.05) is 61.8 Å². The van der Waals surface area contributed by atoms with Gasteiger partial charge in [-0.15, -0.1) is 0 Å². The average Bonchev–Trinajstić information content (AvgIpc) is 3.27. The van der Waals surface area contributed by atoms with E-state index in [0.29, 0.717) is 37.2 Å². The molecule has 4 aromatic rings. The molecule has 0 spiro atoms. The van der Waals surface area contributed by atoms with Crippen molar-refractivity contribution in [2.45, 2.75) is 6.54 Å². The maximum atomic E-state index is 13.3. The average molecular weight is 488 g/mol. The molecule has 1 aliphatic rings. The second kappa shape index (κ2) is 9.77. The Balaban J connectivity index is 1.33. The van der Waals surface area contributed by atoms with Gasteiger partial charge in [0.15, 0.2) is 0 Å². The molecular weight excluding hydrogens is 458 g/mol. The first-order valence-corrected chi connectivity index (χ1v) is 11.8. The SMILES string of the molecule is COc1cccc(-c2cn(C)c3c(=O)n(CC(=O)N4CCN(c5ccccc5OC)CC4)cnc23)c1. The highest BCUT2D eigenvalue weighted by Gasteiger charge is 2.24. The minimum atomic E-state index is -0.238. The maximum Gasteiger partial charge on any atom is 0.278 e. The third-order valence-electron chi connectivity index (χ3n) is 6.69. The maximum absolute atomic E-state index is 13.3. The van der Waals surface area contributed by atoms with E-state index in [9.17, 15) is 9.59 Å². The number of amides is 1. The van der Waals surface area contributed by atoms with Gasteiger partial charge in [-0.2, -0.15) is 0 Å². The monoisotopic (exact) mass is 487 g/mol. The summed E-state index contributed by atoms with van der Waals surface area (Å²) in [5, 5.41) is 0. The number of ether oxygens (including phenoxy) is 2. The number of para-hydroxylation sites is 2. The largest absolute Gasteiger partial charge is 0.497 e. The molecule has 36 heavy (non-hydrogen) atoms. The van der Waals surface area contributed by atoms with Crippen molar-refractivity contribution < 1.29 is 14.3 Å². The number of fused-ring (bicyclic) bond motifs is 1. The first-order chi connectivity index (χ1) is 17.5. The van der Waals surface area contributed by atoms with Gasteiger partial charge in [-0.3, -0.25) is 14.2 Å². The van der Waals surface area contributed by atoms with Crippen LogP contribution in [-0.2, 0) is 18.4 Å². The second-order valence-corrected chi connectivity index (χ2v) is 8.80. The zero-order valence-electron chi connectivity index (χ0n) is 20.7. The van der Waals surface area contributed by atoms with Crippen molar-refractivity contribution >= 4 is 22.6 Å². The van der Waals surface area contributed by atoms with E-state index >= 15 is 0 Å². The van der Waals surface area contributed by atoms with Crippen LogP contribution in [0, 0.1) is 0 Å². The van der Waals surface area contributed by atoms with Gasteiger partial charge in [0.1, 0.15) is 29.1 Å². The van der Waals surface area contributed by atoms with Crippen molar-refractivity contribution in [2.24, 2.45) is 7.05 Å². The first kappa shape index (κ1) is 23.5. The number of carbonyl (C=O) groups excluding carboxylic acids is 1. The van der Waals surface area contributed by atoms with Crippen LogP contribution in [-0.4, -0.2) is 65.3 Å². The summed E-state index contributed by atoms with van der Waals surface area (Å²) in [4.78, 5) is 35.0. The molecule has 0 N–H and O–H groups in total. The summed E-state index contributed by atoms with van der Waals surface area (Å²) in [6.45, 7) is 2.49. The molecule has 9 heteroatoms. The smallest absolute Gasteiger partial charge is 0.278 e. The molecule has 0 unspecified atom stereocenters. The van der Waals surface area contributed by atoms with E-state index in [4.69, 9.17) is 9.47 Å². The summed E-state index contributed by atoms with van der Waals surface area (Å²) in [6, 6.07) is 15.5. The van der Waals surface area contributed by atoms with Crippen LogP contribution >= 0.6 is 0 Å². The Morgan fingerprint density at radius 3 is 2.53 bits per heavy atom. The topological polar surface area (TPSA) is 81.8 Å². The minimum Gasteiger partial charge on any atom is -0.497 e. The number of carbonyl (C=O) groups is 1. The van der Waals surface area contributed by atoms with E-state index in [-0.39, 0.29) is 18.0 Å². The van der Waals surface area contributed by atoms with Crippen LogP contribution < -0.4 is 19.9 Å². The van der Waals surface area contributed by atoms with Gasteiger partial charge in [0.25, 0.3) is 5.56 Å². The Hall–Kier alpha value is -4.27. The predicted molar refractivity (Wildman–Crippen MR) is 139 cm³/mol. The number of benzene rings is 2. The number of piperazine rings is 1. The van der Waals surface area contributed by atoms with Crippen molar-refractivity contribution in [1.29, 1.82) is 0 Å². The van der Waals surface area contributed by atoms with E-state index < -0.39 is 0 Å². The van der Waals surface area contributed by atoms with E-state index in [0.717, 1.165) is 28.3 Å². The highest BCUT2D eigenvalue weighted by Crippen LogP contribution is 2.30. The molecule has 1 aliphatic heterocycles. The summed E-state index contributed by atoms with van der Waals surface area (Å²) in [5.74, 6) is 1.45. The quantitative estimate of drug-likeness (QED) is 0.416. The van der Waals surface area contributed by atoms with Gasteiger partial charge in [-0.25, -0.2) is 4.98 Å². The van der Waals surface area contributed by atoms with E-state index in [1.54, 1.807) is 23.7 Å². The number of rotatable bonds is 6. The number of aromatic nitrogens is 3. The van der Waals surface area contributed by atoms with Crippen LogP contribution in [0.15, 0.2) is 65.8 Å². The predicted octanol–water partition coefficient (Wildman–Crippen LogP) is 2.77. The lowest BCUT2D eigenvalue weighted by Gasteiger charge is -2.36. The van der Waals surface area contributed by atoms with Crippen molar-refractivity contribution in [3.05, 3.63) is 71.4 Å². The molecule has 3 heterocycles. The zero-order valence-corrected chi connectivity index (χ0v) is 20.7. The first-order valence-electron chi connectivity index (χ1n) is 11.8. The summed E-state index contributed by atoms with van der Waals surface area (Å²) in [6.07, 6.45) is 3.36. The molecule has 0 radical (unpaired) electrons. The van der Waals surface area contributed by atoms with Crippen LogP contribution in [0.5, 0.6) is 11.5 Å². The number of hydrogen-bond acceptors (Lipinski definition) is 6. The summed E-state index contributed by atoms with van der Waals surface area (Å²) in [5.41, 5.74) is 3.60. The molecule has 0 aliphatic carbocycles. The van der Waals surface area contributed by atoms with Gasteiger partial charge in [0.05, 0.1) is 26.2 Å². The number of hydrogen-bond donors (Lipinski definition) is 0. The van der Waals surface area contributed by atoms with Gasteiger partial charge in [-0.05, 0) is 29.8 Å². The van der Waals surface area contributed by atoms with Gasteiger partial charge in [0.2, 0.25) is 5.91 Å². The fourth-order valence-electron chi connectivity index (χ4n) is 4.76. The summed E-state index contributed by atoms with van der Waals surface area (Å²) >= 11 is 0. The molecule has 186 valence electrons. The molecule has 1 fully saturated rings. The number of methoxy groups -OCH3 is 2. The lowest BCUT2D eigenvalue weighted by molar-refractivity contribution is -0.132. The van der Waals surface area contributed by atoms with Crippen LogP contribution in [0.2, 0.25) is 0 Å². The van der Waals surface area contributed by atoms with Crippen molar-refractivity contribution in [3.8, 4) is 22.6 Å².